The standard InChI is InChI=1S/C30H31N3O4/c1-30(2)15-23-27(26(36)16-30)28(31-22-10-7-11-25(35)29(22)32-23)21-13-12-20(14-24(21)33(3)18-34)37-17-19-8-5-4-6-9-19/h4-14,18,28,31-32,35H,15-17H2,1-3H3/t28-/m0/s1. The number of carbonyl (C=O) groups is 2. The Labute approximate surface area is 216 Å². The van der Waals surface area contributed by atoms with Crippen LogP contribution >= 0.6 is 0 Å². The van der Waals surface area contributed by atoms with Crippen LogP contribution in [0, 0.1) is 5.41 Å². The Kier molecular flexibility index (Phi) is 6.38. The predicted octanol–water partition coefficient (Wildman–Crippen LogP) is 5.79. The molecule has 5 rings (SSSR count). The number of nitrogens with zero attached hydrogens (tertiary/aromatic N) is 1. The van der Waals surface area contributed by atoms with E-state index in [0.717, 1.165) is 23.2 Å². The van der Waals surface area contributed by atoms with Gasteiger partial charge in [-0.05, 0) is 35.6 Å². The van der Waals surface area contributed by atoms with E-state index in [1.165, 1.54) is 4.90 Å². The van der Waals surface area contributed by atoms with Gasteiger partial charge in [-0.3, -0.25) is 9.59 Å². The van der Waals surface area contributed by atoms with Crippen LogP contribution in [-0.2, 0) is 16.2 Å². The molecule has 1 aliphatic heterocycles. The van der Waals surface area contributed by atoms with E-state index in [1.54, 1.807) is 19.2 Å². The fourth-order valence-electron chi connectivity index (χ4n) is 5.15. The molecule has 3 aromatic carbocycles. The van der Waals surface area contributed by atoms with Crippen LogP contribution in [0.1, 0.15) is 43.9 Å². The number of anilines is 3. The molecule has 37 heavy (non-hydrogen) atoms. The second-order valence-corrected chi connectivity index (χ2v) is 10.4. The second-order valence-electron chi connectivity index (χ2n) is 10.4. The lowest BCUT2D eigenvalue weighted by Gasteiger charge is -2.35. The molecule has 1 atom stereocenters. The number of ether oxygens (including phenoxy) is 1. The highest BCUT2D eigenvalue weighted by Crippen LogP contribution is 2.48. The molecule has 0 unspecified atom stereocenters. The van der Waals surface area contributed by atoms with Crippen molar-refractivity contribution in [1.29, 1.82) is 0 Å². The zero-order valence-electron chi connectivity index (χ0n) is 21.2. The van der Waals surface area contributed by atoms with Gasteiger partial charge in [0.15, 0.2) is 5.78 Å². The van der Waals surface area contributed by atoms with Gasteiger partial charge >= 0.3 is 0 Å². The first-order valence-electron chi connectivity index (χ1n) is 12.4. The molecule has 3 aromatic rings. The van der Waals surface area contributed by atoms with Crippen molar-refractivity contribution in [2.75, 3.05) is 22.6 Å². The van der Waals surface area contributed by atoms with E-state index in [0.29, 0.717) is 47.8 Å². The van der Waals surface area contributed by atoms with Gasteiger partial charge in [0.1, 0.15) is 23.8 Å². The zero-order valence-corrected chi connectivity index (χ0v) is 21.2. The first-order chi connectivity index (χ1) is 17.8. The highest BCUT2D eigenvalue weighted by Gasteiger charge is 2.40. The molecule has 0 radical (unpaired) electrons. The van der Waals surface area contributed by atoms with E-state index in [2.05, 4.69) is 24.5 Å². The monoisotopic (exact) mass is 497 g/mol. The Morgan fingerprint density at radius 2 is 1.86 bits per heavy atom. The summed E-state index contributed by atoms with van der Waals surface area (Å²) in [5, 5.41) is 17.5. The third-order valence-corrected chi connectivity index (χ3v) is 6.93. The third-order valence-electron chi connectivity index (χ3n) is 6.93. The second kappa shape index (κ2) is 9.65. The molecule has 0 fully saturated rings. The molecule has 3 N–H and O–H groups in total. The largest absolute Gasteiger partial charge is 0.506 e. The first-order valence-corrected chi connectivity index (χ1v) is 12.4. The summed E-state index contributed by atoms with van der Waals surface area (Å²) in [6.45, 7) is 4.53. The maximum absolute atomic E-state index is 13.6. The SMILES string of the molecule is CN(C=O)c1cc(OCc2ccccc2)ccc1[C@@H]1Nc2cccc(O)c2NC2=C1C(=O)CC(C)(C)C2. The normalized spacial score (nSPS) is 18.0. The number of benzene rings is 3. The Balaban J connectivity index is 1.60. The van der Waals surface area contributed by atoms with Crippen LogP contribution < -0.4 is 20.3 Å². The fourth-order valence-corrected chi connectivity index (χ4v) is 5.15. The van der Waals surface area contributed by atoms with E-state index in [4.69, 9.17) is 4.74 Å². The Bertz CT molecular complexity index is 1380. The van der Waals surface area contributed by atoms with Gasteiger partial charge in [-0.1, -0.05) is 56.3 Å². The molecule has 1 aliphatic carbocycles. The molecular weight excluding hydrogens is 466 g/mol. The average Bonchev–Trinajstić information content (AvgIpc) is 3.04. The van der Waals surface area contributed by atoms with Crippen LogP contribution in [-0.4, -0.2) is 24.3 Å². The number of nitrogens with one attached hydrogen (secondary N) is 2. The van der Waals surface area contributed by atoms with Crippen LogP contribution in [0.2, 0.25) is 0 Å². The number of fused-ring (bicyclic) bond motifs is 1. The molecule has 0 aromatic heterocycles. The summed E-state index contributed by atoms with van der Waals surface area (Å²) in [5.41, 5.74) is 4.82. The summed E-state index contributed by atoms with van der Waals surface area (Å²) in [7, 11) is 1.68. The average molecular weight is 498 g/mol. The molecule has 1 amide bonds. The van der Waals surface area contributed by atoms with Crippen LogP contribution in [0.5, 0.6) is 11.5 Å². The molecule has 0 saturated heterocycles. The third kappa shape index (κ3) is 4.89. The van der Waals surface area contributed by atoms with Crippen molar-refractivity contribution in [3.05, 3.63) is 89.1 Å². The molecule has 190 valence electrons. The van der Waals surface area contributed by atoms with Gasteiger partial charge in [0.05, 0.1) is 17.4 Å². The number of Topliss-reactive ketones (excluding diaryl/α,β-unsaturated/α-hetero) is 1. The zero-order chi connectivity index (χ0) is 26.2. The quantitative estimate of drug-likeness (QED) is 0.295. The molecule has 0 saturated carbocycles. The number of aromatic hydroxyl groups is 1. The van der Waals surface area contributed by atoms with Crippen molar-refractivity contribution >= 4 is 29.3 Å². The minimum Gasteiger partial charge on any atom is -0.506 e. The highest BCUT2D eigenvalue weighted by atomic mass is 16.5. The number of rotatable bonds is 6. The summed E-state index contributed by atoms with van der Waals surface area (Å²) < 4.78 is 6.03. The fraction of sp³-hybridized carbons (Fsp3) is 0.267. The summed E-state index contributed by atoms with van der Waals surface area (Å²) >= 11 is 0. The minimum atomic E-state index is -0.533. The van der Waals surface area contributed by atoms with Crippen molar-refractivity contribution < 1.29 is 19.4 Å². The first kappa shape index (κ1) is 24.4. The number of phenols is 1. The molecule has 2 aliphatic rings. The van der Waals surface area contributed by atoms with E-state index in [1.807, 2.05) is 54.6 Å². The Morgan fingerprint density at radius 3 is 2.62 bits per heavy atom. The molecule has 1 heterocycles. The number of hydrogen-bond acceptors (Lipinski definition) is 6. The molecule has 0 bridgehead atoms. The number of hydrogen-bond donors (Lipinski definition) is 3. The molecule has 7 heteroatoms. The molecular formula is C30H31N3O4. The minimum absolute atomic E-state index is 0.0349. The maximum Gasteiger partial charge on any atom is 0.213 e. The van der Waals surface area contributed by atoms with Gasteiger partial charge in [0.25, 0.3) is 0 Å². The van der Waals surface area contributed by atoms with Crippen molar-refractivity contribution in [1.82, 2.24) is 0 Å². The van der Waals surface area contributed by atoms with Gasteiger partial charge in [0.2, 0.25) is 6.41 Å². The van der Waals surface area contributed by atoms with Gasteiger partial charge in [0, 0.05) is 36.4 Å². The Hall–Kier alpha value is -4.26. The summed E-state index contributed by atoms with van der Waals surface area (Å²) in [6.07, 6.45) is 1.80. The van der Waals surface area contributed by atoms with E-state index < -0.39 is 6.04 Å². The smallest absolute Gasteiger partial charge is 0.213 e. The molecule has 0 spiro atoms. The number of ketones is 1. The number of para-hydroxylation sites is 1. The number of amides is 1. The summed E-state index contributed by atoms with van der Waals surface area (Å²) in [6, 6.07) is 20.2. The van der Waals surface area contributed by atoms with E-state index >= 15 is 0 Å². The van der Waals surface area contributed by atoms with Gasteiger partial charge in [-0.25, -0.2) is 0 Å². The highest BCUT2D eigenvalue weighted by molar-refractivity contribution is 6.02. The van der Waals surface area contributed by atoms with Crippen LogP contribution in [0.15, 0.2) is 78.0 Å². The van der Waals surface area contributed by atoms with Crippen molar-refractivity contribution in [2.45, 2.75) is 39.3 Å². The van der Waals surface area contributed by atoms with Crippen molar-refractivity contribution in [3.63, 3.8) is 0 Å². The maximum atomic E-state index is 13.6. The van der Waals surface area contributed by atoms with Gasteiger partial charge in [-0.15, -0.1) is 0 Å². The summed E-state index contributed by atoms with van der Waals surface area (Å²) in [4.78, 5) is 27.0. The van der Waals surface area contributed by atoms with Crippen molar-refractivity contribution in [2.24, 2.45) is 5.41 Å². The Morgan fingerprint density at radius 1 is 1.08 bits per heavy atom. The van der Waals surface area contributed by atoms with Gasteiger partial charge < -0.3 is 25.4 Å². The van der Waals surface area contributed by atoms with Crippen molar-refractivity contribution in [3.8, 4) is 11.5 Å². The van der Waals surface area contributed by atoms with Crippen LogP contribution in [0.25, 0.3) is 0 Å². The van der Waals surface area contributed by atoms with E-state index in [-0.39, 0.29) is 16.9 Å². The lowest BCUT2D eigenvalue weighted by molar-refractivity contribution is -0.118. The summed E-state index contributed by atoms with van der Waals surface area (Å²) in [5.74, 6) is 0.752. The van der Waals surface area contributed by atoms with E-state index in [9.17, 15) is 14.7 Å². The lowest BCUT2D eigenvalue weighted by atomic mass is 9.73. The van der Waals surface area contributed by atoms with Gasteiger partial charge in [-0.2, -0.15) is 0 Å². The number of allylic oxidation sites excluding steroid dienone is 1. The lowest BCUT2D eigenvalue weighted by Crippen LogP contribution is -2.32. The molecule has 7 nitrogen and oxygen atoms in total. The van der Waals surface area contributed by atoms with Crippen LogP contribution in [0.4, 0.5) is 17.1 Å². The predicted molar refractivity (Wildman–Crippen MR) is 145 cm³/mol. The topological polar surface area (TPSA) is 90.9 Å². The number of carbonyl (C=O) groups excluding carboxylic acids is 2. The number of phenolic OH excluding ortho intramolecular Hbond substituents is 1. The van der Waals surface area contributed by atoms with Crippen LogP contribution in [0.3, 0.4) is 0 Å².